The lowest BCUT2D eigenvalue weighted by Gasteiger charge is -2.16. The lowest BCUT2D eigenvalue weighted by molar-refractivity contribution is 0.151. The number of rotatable bonds is 0. The van der Waals surface area contributed by atoms with Crippen LogP contribution in [-0.2, 0) is 0 Å². The molecular formula is C23H29NO3. The summed E-state index contributed by atoms with van der Waals surface area (Å²) in [6.07, 6.45) is 14.0. The first-order chi connectivity index (χ1) is 12.9. The first kappa shape index (κ1) is 20.6. The molecule has 0 fully saturated rings. The van der Waals surface area contributed by atoms with Gasteiger partial charge in [0.2, 0.25) is 0 Å². The molecule has 0 bridgehead atoms. The van der Waals surface area contributed by atoms with Gasteiger partial charge in [-0.1, -0.05) is 53.6 Å². The molecule has 1 aromatic carbocycles. The summed E-state index contributed by atoms with van der Waals surface area (Å²) in [5, 5.41) is 29.9. The Balaban J connectivity index is 0.000000146. The lowest BCUT2D eigenvalue weighted by atomic mass is 9.92. The minimum absolute atomic E-state index is 0.0700. The number of aryl methyl sites for hydroxylation is 1. The maximum absolute atomic E-state index is 8.99. The molecule has 2 aliphatic carbocycles. The third-order valence-electron chi connectivity index (χ3n) is 4.59. The summed E-state index contributed by atoms with van der Waals surface area (Å²) in [5.41, 5.74) is 3.70. The average Bonchev–Trinajstić information content (AvgIpc) is 3.04. The van der Waals surface area contributed by atoms with Crippen LogP contribution in [0.2, 0.25) is 0 Å². The summed E-state index contributed by atoms with van der Waals surface area (Å²) in [6.45, 7) is 6.08. The van der Waals surface area contributed by atoms with Gasteiger partial charge < -0.3 is 20.6 Å². The molecule has 1 heterocycles. The number of phenols is 1. The number of hydrogen-bond donors (Lipinski definition) is 4. The van der Waals surface area contributed by atoms with Crippen molar-refractivity contribution < 1.29 is 15.3 Å². The molecule has 27 heavy (non-hydrogen) atoms. The summed E-state index contributed by atoms with van der Waals surface area (Å²) >= 11 is 0. The zero-order valence-corrected chi connectivity index (χ0v) is 16.1. The Morgan fingerprint density at radius 2 is 1.59 bits per heavy atom. The fourth-order valence-electron chi connectivity index (χ4n) is 2.89. The topological polar surface area (TPSA) is 72.7 Å². The van der Waals surface area contributed by atoms with Gasteiger partial charge in [0.15, 0.2) is 0 Å². The number of allylic oxidation sites excluding steroid dienone is 4. The summed E-state index contributed by atoms with van der Waals surface area (Å²) in [5.74, 6) is 1.02. The molecule has 3 atom stereocenters. The number of aliphatic hydroxyl groups is 2. The highest BCUT2D eigenvalue weighted by Gasteiger charge is 2.23. The van der Waals surface area contributed by atoms with Crippen LogP contribution < -0.4 is 5.32 Å². The molecule has 0 saturated heterocycles. The second-order valence-electron chi connectivity index (χ2n) is 7.04. The number of phenolic OH excluding ortho intramolecular Hbond substituents is 1. The fraction of sp³-hybridized carbons (Fsp3) is 0.304. The molecule has 4 heteroatoms. The van der Waals surface area contributed by atoms with Crippen molar-refractivity contribution in [3.63, 3.8) is 0 Å². The Morgan fingerprint density at radius 3 is 2.15 bits per heavy atom. The molecule has 0 amide bonds. The highest BCUT2D eigenvalue weighted by Crippen LogP contribution is 2.25. The SMILES string of the molecule is CC1=CC=C(O)C(O)C1.CC1=CNC2C=CC=CC12.Cc1ccc(O)cc1. The van der Waals surface area contributed by atoms with Gasteiger partial charge in [0.05, 0.1) is 6.04 Å². The zero-order valence-electron chi connectivity index (χ0n) is 16.1. The summed E-state index contributed by atoms with van der Waals surface area (Å²) < 4.78 is 0. The summed E-state index contributed by atoms with van der Waals surface area (Å²) in [4.78, 5) is 0. The van der Waals surface area contributed by atoms with E-state index in [4.69, 9.17) is 15.3 Å². The van der Waals surface area contributed by atoms with Crippen LogP contribution in [-0.4, -0.2) is 27.5 Å². The van der Waals surface area contributed by atoms with E-state index in [-0.39, 0.29) is 5.76 Å². The van der Waals surface area contributed by atoms with Crippen LogP contribution in [0.3, 0.4) is 0 Å². The van der Waals surface area contributed by atoms with Crippen molar-refractivity contribution >= 4 is 0 Å². The van der Waals surface area contributed by atoms with Crippen LogP contribution in [0.4, 0.5) is 0 Å². The van der Waals surface area contributed by atoms with Gasteiger partial charge in [-0.25, -0.2) is 0 Å². The van der Waals surface area contributed by atoms with Gasteiger partial charge in [-0.05, 0) is 50.8 Å². The van der Waals surface area contributed by atoms with E-state index in [0.29, 0.717) is 24.1 Å². The number of aliphatic hydroxyl groups excluding tert-OH is 2. The van der Waals surface area contributed by atoms with E-state index in [0.717, 1.165) is 5.57 Å². The molecule has 0 saturated carbocycles. The molecule has 3 aliphatic rings. The van der Waals surface area contributed by atoms with Crippen LogP contribution in [0.25, 0.3) is 0 Å². The minimum atomic E-state index is -0.671. The van der Waals surface area contributed by atoms with E-state index < -0.39 is 6.10 Å². The monoisotopic (exact) mass is 367 g/mol. The zero-order chi connectivity index (χ0) is 19.8. The summed E-state index contributed by atoms with van der Waals surface area (Å²) in [6, 6.07) is 7.62. The maximum Gasteiger partial charge on any atom is 0.121 e. The predicted molar refractivity (Wildman–Crippen MR) is 110 cm³/mol. The largest absolute Gasteiger partial charge is 0.510 e. The highest BCUT2D eigenvalue weighted by atomic mass is 16.3. The third kappa shape index (κ3) is 6.50. The number of fused-ring (bicyclic) bond motifs is 1. The molecule has 144 valence electrons. The minimum Gasteiger partial charge on any atom is -0.510 e. The molecule has 0 aromatic heterocycles. The number of aromatic hydroxyl groups is 1. The van der Waals surface area contributed by atoms with Crippen molar-refractivity contribution in [2.24, 2.45) is 5.92 Å². The molecule has 0 radical (unpaired) electrons. The first-order valence-corrected chi connectivity index (χ1v) is 9.14. The van der Waals surface area contributed by atoms with Crippen LogP contribution in [0, 0.1) is 12.8 Å². The van der Waals surface area contributed by atoms with Gasteiger partial charge in [0, 0.05) is 12.3 Å². The Hall–Kier alpha value is -2.72. The molecule has 3 unspecified atom stereocenters. The van der Waals surface area contributed by atoms with Crippen molar-refractivity contribution in [3.05, 3.63) is 89.4 Å². The van der Waals surface area contributed by atoms with Crippen LogP contribution in [0.15, 0.2) is 83.8 Å². The Morgan fingerprint density at radius 1 is 0.926 bits per heavy atom. The van der Waals surface area contributed by atoms with Crippen molar-refractivity contribution in [2.75, 3.05) is 0 Å². The second-order valence-corrected chi connectivity index (χ2v) is 7.04. The predicted octanol–water partition coefficient (Wildman–Crippen LogP) is 4.44. The third-order valence-corrected chi connectivity index (χ3v) is 4.59. The van der Waals surface area contributed by atoms with Crippen molar-refractivity contribution in [1.82, 2.24) is 5.32 Å². The van der Waals surface area contributed by atoms with E-state index in [2.05, 4.69) is 42.7 Å². The van der Waals surface area contributed by atoms with E-state index >= 15 is 0 Å². The van der Waals surface area contributed by atoms with Gasteiger partial charge in [0.25, 0.3) is 0 Å². The van der Waals surface area contributed by atoms with Crippen molar-refractivity contribution in [2.45, 2.75) is 39.3 Å². The second kappa shape index (κ2) is 9.83. The first-order valence-electron chi connectivity index (χ1n) is 9.14. The molecule has 1 aliphatic heterocycles. The lowest BCUT2D eigenvalue weighted by Crippen LogP contribution is -2.24. The highest BCUT2D eigenvalue weighted by molar-refractivity contribution is 5.30. The van der Waals surface area contributed by atoms with Crippen LogP contribution in [0.1, 0.15) is 25.8 Å². The van der Waals surface area contributed by atoms with E-state index in [1.807, 2.05) is 32.1 Å². The normalized spacial score (nSPS) is 24.7. The number of hydrogen-bond acceptors (Lipinski definition) is 4. The Bertz CT molecular complexity index is 748. The van der Waals surface area contributed by atoms with Gasteiger partial charge in [0.1, 0.15) is 17.6 Å². The smallest absolute Gasteiger partial charge is 0.121 e. The standard InChI is InChI=1S/C9H11N.C7H10O2.C7H8O/c1-7-6-10-9-5-3-2-4-8(7)9;1-5-2-3-6(8)7(9)4-5;1-6-2-4-7(8)5-3-6/h2-6,8-10H,1H3;2-3,7-9H,4H2,1H3;2-5,8H,1H3. The van der Waals surface area contributed by atoms with Gasteiger partial charge in [-0.2, -0.15) is 0 Å². The van der Waals surface area contributed by atoms with Crippen LogP contribution in [0.5, 0.6) is 5.75 Å². The molecule has 4 nitrogen and oxygen atoms in total. The van der Waals surface area contributed by atoms with Crippen molar-refractivity contribution in [3.8, 4) is 5.75 Å². The van der Waals surface area contributed by atoms with Gasteiger partial charge >= 0.3 is 0 Å². The quantitative estimate of drug-likeness (QED) is 0.547. The fourth-order valence-corrected chi connectivity index (χ4v) is 2.89. The van der Waals surface area contributed by atoms with E-state index in [1.165, 1.54) is 17.2 Å². The van der Waals surface area contributed by atoms with E-state index in [9.17, 15) is 0 Å². The van der Waals surface area contributed by atoms with Gasteiger partial charge in [-0.15, -0.1) is 0 Å². The molecule has 1 aromatic rings. The van der Waals surface area contributed by atoms with Crippen LogP contribution >= 0.6 is 0 Å². The van der Waals surface area contributed by atoms with E-state index in [1.54, 1.807) is 12.1 Å². The molecule has 0 spiro atoms. The molecule has 4 N–H and O–H groups in total. The number of benzene rings is 1. The molecule has 4 rings (SSSR count). The average molecular weight is 367 g/mol. The Kier molecular flexibility index (Phi) is 7.50. The molecular weight excluding hydrogens is 338 g/mol. The van der Waals surface area contributed by atoms with Crippen molar-refractivity contribution in [1.29, 1.82) is 0 Å². The summed E-state index contributed by atoms with van der Waals surface area (Å²) in [7, 11) is 0. The number of nitrogens with one attached hydrogen (secondary N) is 1. The van der Waals surface area contributed by atoms with Gasteiger partial charge in [-0.3, -0.25) is 0 Å². The maximum atomic E-state index is 8.99. The Labute approximate surface area is 161 Å².